The lowest BCUT2D eigenvalue weighted by molar-refractivity contribution is 0.0985. The molecule has 29 heavy (non-hydrogen) atoms. The topological polar surface area (TPSA) is 45.7 Å². The monoisotopic (exact) mass is 433 g/mol. The van der Waals surface area contributed by atoms with Crippen LogP contribution >= 0.6 is 23.7 Å². The Morgan fingerprint density at radius 2 is 1.79 bits per heavy atom. The molecule has 0 spiro atoms. The maximum Gasteiger partial charge on any atom is 0.260 e. The smallest absolute Gasteiger partial charge is 0.260 e. The van der Waals surface area contributed by atoms with Gasteiger partial charge in [-0.05, 0) is 70.8 Å². The van der Waals surface area contributed by atoms with Crippen molar-refractivity contribution in [2.75, 3.05) is 32.1 Å². The number of ether oxygens (including phenoxy) is 1. The van der Waals surface area contributed by atoms with Crippen LogP contribution in [0, 0.1) is 6.92 Å². The van der Waals surface area contributed by atoms with E-state index in [0.717, 1.165) is 33.2 Å². The molecule has 0 unspecified atom stereocenters. The van der Waals surface area contributed by atoms with Gasteiger partial charge in [0.2, 0.25) is 0 Å². The van der Waals surface area contributed by atoms with Crippen LogP contribution in [0.4, 0.5) is 5.13 Å². The number of aryl methyl sites for hydroxylation is 1. The molecule has 5 nitrogen and oxygen atoms in total. The Morgan fingerprint density at radius 3 is 2.38 bits per heavy atom. The van der Waals surface area contributed by atoms with Gasteiger partial charge >= 0.3 is 0 Å². The summed E-state index contributed by atoms with van der Waals surface area (Å²) in [5.74, 6) is 0.719. The van der Waals surface area contributed by atoms with Crippen LogP contribution in [0.1, 0.15) is 29.8 Å². The van der Waals surface area contributed by atoms with Gasteiger partial charge in [0.25, 0.3) is 5.91 Å². The van der Waals surface area contributed by atoms with Gasteiger partial charge in [-0.2, -0.15) is 0 Å². The van der Waals surface area contributed by atoms with Crippen molar-refractivity contribution >= 4 is 45.0 Å². The molecule has 3 aromatic rings. The molecule has 3 rings (SSSR count). The molecule has 156 valence electrons. The Bertz CT molecular complexity index is 954. The van der Waals surface area contributed by atoms with Crippen molar-refractivity contribution in [3.63, 3.8) is 0 Å². The van der Waals surface area contributed by atoms with Gasteiger partial charge in [-0.15, -0.1) is 12.4 Å². The van der Waals surface area contributed by atoms with Gasteiger partial charge in [-0.25, -0.2) is 4.98 Å². The van der Waals surface area contributed by atoms with Crippen LogP contribution in [-0.4, -0.2) is 49.1 Å². The second-order valence-corrected chi connectivity index (χ2v) is 8.38. The van der Waals surface area contributed by atoms with E-state index in [1.54, 1.807) is 16.2 Å². The number of thiazole rings is 1. The Kier molecular flexibility index (Phi) is 8.02. The van der Waals surface area contributed by atoms with Gasteiger partial charge in [0.15, 0.2) is 5.13 Å². The molecular weight excluding hydrogens is 406 g/mol. The lowest BCUT2D eigenvalue weighted by Gasteiger charge is -2.22. The van der Waals surface area contributed by atoms with Crippen LogP contribution in [0.5, 0.6) is 5.75 Å². The number of nitrogens with zero attached hydrogens (tertiary/aromatic N) is 3. The Labute approximate surface area is 182 Å². The van der Waals surface area contributed by atoms with E-state index >= 15 is 0 Å². The summed E-state index contributed by atoms with van der Waals surface area (Å²) >= 11 is 1.56. The quantitative estimate of drug-likeness (QED) is 0.524. The molecule has 0 N–H and O–H groups in total. The van der Waals surface area contributed by atoms with Gasteiger partial charge in [-0.1, -0.05) is 23.5 Å². The highest BCUT2D eigenvalue weighted by Gasteiger charge is 2.22. The zero-order valence-corrected chi connectivity index (χ0v) is 19.1. The predicted molar refractivity (Wildman–Crippen MR) is 124 cm³/mol. The highest BCUT2D eigenvalue weighted by Crippen LogP contribution is 2.31. The molecule has 0 saturated carbocycles. The summed E-state index contributed by atoms with van der Waals surface area (Å²) < 4.78 is 6.78. The van der Waals surface area contributed by atoms with E-state index in [0.29, 0.717) is 12.1 Å². The van der Waals surface area contributed by atoms with Crippen LogP contribution in [0.3, 0.4) is 0 Å². The number of hydrogen-bond donors (Lipinski definition) is 0. The third kappa shape index (κ3) is 5.69. The minimum absolute atomic E-state index is 0. The van der Waals surface area contributed by atoms with E-state index in [9.17, 15) is 4.79 Å². The molecule has 2 aromatic carbocycles. The third-order valence-corrected chi connectivity index (χ3v) is 5.37. The fourth-order valence-electron chi connectivity index (χ4n) is 2.88. The first-order chi connectivity index (χ1) is 13.3. The number of para-hydroxylation sites is 1. The normalized spacial score (nSPS) is 11.0. The molecule has 0 saturated heterocycles. The number of likely N-dealkylation sites (N-methyl/N-ethyl adjacent to an activating group) is 1. The Morgan fingerprint density at radius 1 is 1.10 bits per heavy atom. The van der Waals surface area contributed by atoms with Crippen LogP contribution < -0.4 is 9.64 Å². The fourth-order valence-corrected chi connectivity index (χ4v) is 3.95. The van der Waals surface area contributed by atoms with Crippen LogP contribution in [-0.2, 0) is 0 Å². The molecule has 1 heterocycles. The molecule has 0 bridgehead atoms. The summed E-state index contributed by atoms with van der Waals surface area (Å²) in [5, 5.41) is 0.735. The minimum Gasteiger partial charge on any atom is -0.491 e. The first-order valence-corrected chi connectivity index (χ1v) is 10.3. The molecular formula is C22H28ClN3O2S. The molecule has 0 radical (unpaired) electrons. The number of amides is 1. The summed E-state index contributed by atoms with van der Waals surface area (Å²) in [6, 6.07) is 13.5. The number of aromatic nitrogens is 1. The van der Waals surface area contributed by atoms with Crippen molar-refractivity contribution in [1.82, 2.24) is 9.88 Å². The second kappa shape index (κ2) is 10.1. The zero-order chi connectivity index (χ0) is 20.3. The van der Waals surface area contributed by atoms with Crippen molar-refractivity contribution in [3.05, 3.63) is 53.6 Å². The molecule has 0 aliphatic heterocycles. The van der Waals surface area contributed by atoms with E-state index in [1.807, 2.05) is 71.3 Å². The van der Waals surface area contributed by atoms with Crippen LogP contribution in [0.15, 0.2) is 42.5 Å². The van der Waals surface area contributed by atoms with Gasteiger partial charge in [0, 0.05) is 18.7 Å². The van der Waals surface area contributed by atoms with Crippen LogP contribution in [0.25, 0.3) is 10.2 Å². The third-order valence-electron chi connectivity index (χ3n) is 4.33. The SMILES string of the molecule is Cc1cccc2sc(N(CCN(C)C)C(=O)c3ccc(OC(C)C)cc3)nc12.Cl. The number of anilines is 1. The summed E-state index contributed by atoms with van der Waals surface area (Å²) in [4.78, 5) is 21.9. The number of rotatable bonds is 7. The molecule has 7 heteroatoms. The number of carbonyl (C=O) groups is 1. The van der Waals surface area contributed by atoms with E-state index in [-0.39, 0.29) is 24.4 Å². The number of fused-ring (bicyclic) bond motifs is 1. The number of hydrogen-bond acceptors (Lipinski definition) is 5. The van der Waals surface area contributed by atoms with Crippen molar-refractivity contribution in [2.24, 2.45) is 0 Å². The fraction of sp³-hybridized carbons (Fsp3) is 0.364. The summed E-state index contributed by atoms with van der Waals surface area (Å²) in [6.07, 6.45) is 0.101. The minimum atomic E-state index is -0.0466. The molecule has 1 aromatic heterocycles. The maximum atomic E-state index is 13.3. The summed E-state index contributed by atoms with van der Waals surface area (Å²) in [5.41, 5.74) is 2.71. The average molecular weight is 434 g/mol. The van der Waals surface area contributed by atoms with Gasteiger partial charge in [0.05, 0.1) is 16.3 Å². The standard InChI is InChI=1S/C22H27N3O2S.ClH/c1-15(2)27-18-11-9-17(10-12-18)21(26)25(14-13-24(4)5)22-23-20-16(3)7-6-8-19(20)28-22;/h6-12,15H,13-14H2,1-5H3;1H. The predicted octanol–water partition coefficient (Wildman–Crippen LogP) is 5.02. The first kappa shape index (κ1) is 23.1. The largest absolute Gasteiger partial charge is 0.491 e. The van der Waals surface area contributed by atoms with Crippen molar-refractivity contribution in [2.45, 2.75) is 26.9 Å². The molecule has 0 fully saturated rings. The molecule has 0 atom stereocenters. The van der Waals surface area contributed by atoms with Crippen molar-refractivity contribution < 1.29 is 9.53 Å². The van der Waals surface area contributed by atoms with E-state index < -0.39 is 0 Å². The Balaban J connectivity index is 0.00000300. The van der Waals surface area contributed by atoms with Gasteiger partial charge in [0.1, 0.15) is 5.75 Å². The summed E-state index contributed by atoms with van der Waals surface area (Å²) in [7, 11) is 4.01. The molecule has 0 aliphatic rings. The lowest BCUT2D eigenvalue weighted by atomic mass is 10.2. The van der Waals surface area contributed by atoms with E-state index in [2.05, 4.69) is 11.0 Å². The second-order valence-electron chi connectivity index (χ2n) is 7.37. The van der Waals surface area contributed by atoms with Gasteiger partial charge in [-0.3, -0.25) is 9.69 Å². The zero-order valence-electron chi connectivity index (χ0n) is 17.5. The van der Waals surface area contributed by atoms with Gasteiger partial charge < -0.3 is 9.64 Å². The first-order valence-electron chi connectivity index (χ1n) is 9.44. The van der Waals surface area contributed by atoms with E-state index in [4.69, 9.17) is 9.72 Å². The van der Waals surface area contributed by atoms with Crippen molar-refractivity contribution in [1.29, 1.82) is 0 Å². The lowest BCUT2D eigenvalue weighted by Crippen LogP contribution is -2.36. The number of carbonyl (C=O) groups excluding carboxylic acids is 1. The highest BCUT2D eigenvalue weighted by atomic mass is 35.5. The van der Waals surface area contributed by atoms with Crippen LogP contribution in [0.2, 0.25) is 0 Å². The Hall–Kier alpha value is -2.15. The van der Waals surface area contributed by atoms with E-state index in [1.165, 1.54) is 0 Å². The molecule has 1 amide bonds. The average Bonchev–Trinajstić information content (AvgIpc) is 3.07. The highest BCUT2D eigenvalue weighted by molar-refractivity contribution is 7.22. The number of benzene rings is 2. The molecule has 0 aliphatic carbocycles. The maximum absolute atomic E-state index is 13.3. The van der Waals surface area contributed by atoms with Crippen molar-refractivity contribution in [3.8, 4) is 5.75 Å². The summed E-state index contributed by atoms with van der Waals surface area (Å²) in [6.45, 7) is 7.35. The number of halogens is 1.